The molecule has 0 aliphatic rings. The van der Waals surface area contributed by atoms with Crippen LogP contribution in [0, 0.1) is 0 Å². The van der Waals surface area contributed by atoms with Gasteiger partial charge in [0.15, 0.2) is 0 Å². The van der Waals surface area contributed by atoms with E-state index in [0.717, 1.165) is 34.5 Å². The Hall–Kier alpha value is -3.62. The van der Waals surface area contributed by atoms with Crippen molar-refractivity contribution in [1.29, 1.82) is 0 Å². The summed E-state index contributed by atoms with van der Waals surface area (Å²) in [5.41, 5.74) is 6.68. The third kappa shape index (κ3) is 4.45. The van der Waals surface area contributed by atoms with E-state index in [9.17, 15) is 0 Å². The number of anilines is 1. The van der Waals surface area contributed by atoms with Gasteiger partial charge >= 0.3 is 0 Å². The van der Waals surface area contributed by atoms with E-state index in [2.05, 4.69) is 72.8 Å². The van der Waals surface area contributed by atoms with Crippen LogP contribution in [0.1, 0.15) is 16.7 Å². The Morgan fingerprint density at radius 1 is 0.552 bits per heavy atom. The summed E-state index contributed by atoms with van der Waals surface area (Å²) in [6, 6.07) is 41.5. The maximum absolute atomic E-state index is 6.74. The van der Waals surface area contributed by atoms with Crippen LogP contribution in [0.25, 0.3) is 5.57 Å². The van der Waals surface area contributed by atoms with Crippen molar-refractivity contribution >= 4 is 11.3 Å². The van der Waals surface area contributed by atoms with Gasteiger partial charge in [-0.3, -0.25) is 5.01 Å². The van der Waals surface area contributed by atoms with Crippen molar-refractivity contribution < 1.29 is 0 Å². The van der Waals surface area contributed by atoms with Gasteiger partial charge in [0, 0.05) is 17.7 Å². The van der Waals surface area contributed by atoms with Crippen LogP contribution in [0.3, 0.4) is 0 Å². The summed E-state index contributed by atoms with van der Waals surface area (Å²) in [7, 11) is 0. The average Bonchev–Trinajstić information content (AvgIpc) is 2.81. The molecule has 0 amide bonds. The summed E-state index contributed by atoms with van der Waals surface area (Å²) < 4.78 is 0. The SMILES string of the molecule is NN(C(Cc1ccccc1)=C(c1ccccc1)c1ccccc1)c1ccccc1. The molecular formula is C27H24N2. The van der Waals surface area contributed by atoms with Crippen LogP contribution in [-0.2, 0) is 6.42 Å². The molecular weight excluding hydrogens is 352 g/mol. The highest BCUT2D eigenvalue weighted by Crippen LogP contribution is 2.31. The lowest BCUT2D eigenvalue weighted by molar-refractivity contribution is 0.940. The topological polar surface area (TPSA) is 29.3 Å². The third-order valence-corrected chi connectivity index (χ3v) is 4.95. The van der Waals surface area contributed by atoms with Gasteiger partial charge < -0.3 is 0 Å². The number of nitrogens with two attached hydrogens (primary N) is 1. The molecule has 0 aliphatic carbocycles. The Balaban J connectivity index is 1.94. The summed E-state index contributed by atoms with van der Waals surface area (Å²) in [5.74, 6) is 6.74. The molecule has 0 bridgehead atoms. The molecule has 0 saturated carbocycles. The molecule has 0 spiro atoms. The van der Waals surface area contributed by atoms with Crippen molar-refractivity contribution in [2.45, 2.75) is 6.42 Å². The van der Waals surface area contributed by atoms with Crippen molar-refractivity contribution in [1.82, 2.24) is 0 Å². The number of hydrazine groups is 1. The van der Waals surface area contributed by atoms with E-state index in [0.29, 0.717) is 0 Å². The second-order valence-corrected chi connectivity index (χ2v) is 6.92. The van der Waals surface area contributed by atoms with Gasteiger partial charge in [-0.15, -0.1) is 0 Å². The monoisotopic (exact) mass is 376 g/mol. The van der Waals surface area contributed by atoms with Gasteiger partial charge in [0.05, 0.1) is 5.69 Å². The van der Waals surface area contributed by atoms with Crippen LogP contribution in [0.5, 0.6) is 0 Å². The Morgan fingerprint density at radius 3 is 1.45 bits per heavy atom. The predicted molar refractivity (Wildman–Crippen MR) is 122 cm³/mol. The second-order valence-electron chi connectivity index (χ2n) is 6.92. The fraction of sp³-hybridized carbons (Fsp3) is 0.0370. The third-order valence-electron chi connectivity index (χ3n) is 4.95. The van der Waals surface area contributed by atoms with Gasteiger partial charge in [-0.2, -0.15) is 0 Å². The minimum absolute atomic E-state index is 0.728. The molecule has 0 heterocycles. The molecule has 0 aromatic heterocycles. The zero-order valence-electron chi connectivity index (χ0n) is 16.3. The van der Waals surface area contributed by atoms with Gasteiger partial charge in [-0.25, -0.2) is 5.84 Å². The minimum atomic E-state index is 0.728. The van der Waals surface area contributed by atoms with Gasteiger partial charge in [0.1, 0.15) is 0 Å². The summed E-state index contributed by atoms with van der Waals surface area (Å²) in [4.78, 5) is 0. The largest absolute Gasteiger partial charge is 0.283 e. The first-order valence-corrected chi connectivity index (χ1v) is 9.81. The van der Waals surface area contributed by atoms with E-state index < -0.39 is 0 Å². The first-order chi connectivity index (χ1) is 14.3. The Bertz CT molecular complexity index is 1020. The average molecular weight is 377 g/mol. The highest BCUT2D eigenvalue weighted by atomic mass is 15.4. The van der Waals surface area contributed by atoms with E-state index in [4.69, 9.17) is 5.84 Å². The lowest BCUT2D eigenvalue weighted by Crippen LogP contribution is -2.32. The van der Waals surface area contributed by atoms with Crippen molar-refractivity contribution in [2.24, 2.45) is 5.84 Å². The number of benzene rings is 4. The first kappa shape index (κ1) is 18.7. The summed E-state index contributed by atoms with van der Waals surface area (Å²) in [5, 5.41) is 1.82. The number of para-hydroxylation sites is 1. The maximum atomic E-state index is 6.74. The minimum Gasteiger partial charge on any atom is -0.283 e. The number of rotatable bonds is 6. The quantitative estimate of drug-likeness (QED) is 0.327. The lowest BCUT2D eigenvalue weighted by atomic mass is 9.93. The highest BCUT2D eigenvalue weighted by Gasteiger charge is 2.18. The van der Waals surface area contributed by atoms with E-state index >= 15 is 0 Å². The molecule has 29 heavy (non-hydrogen) atoms. The lowest BCUT2D eigenvalue weighted by Gasteiger charge is -2.26. The number of hydrogen-bond donors (Lipinski definition) is 1. The highest BCUT2D eigenvalue weighted by molar-refractivity contribution is 5.84. The van der Waals surface area contributed by atoms with Gasteiger partial charge in [-0.05, 0) is 28.8 Å². The van der Waals surface area contributed by atoms with Crippen LogP contribution in [-0.4, -0.2) is 0 Å². The molecule has 2 N–H and O–H groups in total. The van der Waals surface area contributed by atoms with Crippen LogP contribution in [0.15, 0.2) is 127 Å². The summed E-state index contributed by atoms with van der Waals surface area (Å²) >= 11 is 0. The predicted octanol–water partition coefficient (Wildman–Crippen LogP) is 6.07. The molecule has 0 fully saturated rings. The molecule has 142 valence electrons. The van der Waals surface area contributed by atoms with E-state index in [1.807, 2.05) is 53.5 Å². The molecule has 4 aromatic rings. The van der Waals surface area contributed by atoms with E-state index in [1.54, 1.807) is 0 Å². The normalized spacial score (nSPS) is 10.4. The molecule has 0 atom stereocenters. The van der Waals surface area contributed by atoms with E-state index in [1.165, 1.54) is 5.56 Å². The van der Waals surface area contributed by atoms with Gasteiger partial charge in [0.2, 0.25) is 0 Å². The maximum Gasteiger partial charge on any atom is 0.0571 e. The van der Waals surface area contributed by atoms with Crippen molar-refractivity contribution in [3.8, 4) is 0 Å². The number of hydrogen-bond acceptors (Lipinski definition) is 2. The standard InChI is InChI=1S/C27H24N2/c28-29(25-19-11-4-12-20-25)26(21-22-13-5-1-6-14-22)27(23-15-7-2-8-16-23)24-17-9-3-10-18-24/h1-20H,21,28H2. The van der Waals surface area contributed by atoms with Crippen molar-refractivity contribution in [3.05, 3.63) is 144 Å². The molecule has 2 heteroatoms. The van der Waals surface area contributed by atoms with Crippen LogP contribution < -0.4 is 10.9 Å². The molecule has 0 radical (unpaired) electrons. The smallest absolute Gasteiger partial charge is 0.0571 e. The van der Waals surface area contributed by atoms with E-state index in [-0.39, 0.29) is 0 Å². The molecule has 2 nitrogen and oxygen atoms in total. The van der Waals surface area contributed by atoms with Crippen LogP contribution >= 0.6 is 0 Å². The number of nitrogens with zero attached hydrogens (tertiary/aromatic N) is 1. The van der Waals surface area contributed by atoms with Crippen LogP contribution in [0.2, 0.25) is 0 Å². The molecule has 4 aromatic carbocycles. The molecule has 0 saturated heterocycles. The fourth-order valence-corrected chi connectivity index (χ4v) is 3.54. The Kier molecular flexibility index (Phi) is 5.84. The van der Waals surface area contributed by atoms with Gasteiger partial charge in [0.25, 0.3) is 0 Å². The summed E-state index contributed by atoms with van der Waals surface area (Å²) in [6.07, 6.45) is 0.728. The Morgan fingerprint density at radius 2 is 0.966 bits per heavy atom. The fourth-order valence-electron chi connectivity index (χ4n) is 3.54. The van der Waals surface area contributed by atoms with Crippen molar-refractivity contribution in [3.63, 3.8) is 0 Å². The second kappa shape index (κ2) is 9.05. The van der Waals surface area contributed by atoms with Gasteiger partial charge in [-0.1, -0.05) is 109 Å². The zero-order chi connectivity index (χ0) is 19.9. The zero-order valence-corrected chi connectivity index (χ0v) is 16.3. The number of allylic oxidation sites excluding steroid dienone is 1. The molecule has 0 unspecified atom stereocenters. The van der Waals surface area contributed by atoms with Crippen molar-refractivity contribution in [2.75, 3.05) is 5.01 Å². The molecule has 0 aliphatic heterocycles. The Labute approximate surface area is 172 Å². The van der Waals surface area contributed by atoms with Crippen LogP contribution in [0.4, 0.5) is 5.69 Å². The first-order valence-electron chi connectivity index (χ1n) is 9.81. The summed E-state index contributed by atoms with van der Waals surface area (Å²) in [6.45, 7) is 0. The molecule has 4 rings (SSSR count).